The fourth-order valence-corrected chi connectivity index (χ4v) is 5.14. The Labute approximate surface area is 234 Å². The van der Waals surface area contributed by atoms with E-state index in [-0.39, 0.29) is 24.4 Å². The molecule has 4 aromatic rings. The fraction of sp³-hybridized carbons (Fsp3) is 0.258. The van der Waals surface area contributed by atoms with Gasteiger partial charge in [-0.3, -0.25) is 9.78 Å². The Bertz CT molecular complexity index is 1450. The number of amides is 1. The minimum Gasteiger partial charge on any atom is -0.494 e. The van der Waals surface area contributed by atoms with Crippen molar-refractivity contribution in [3.8, 4) is 17.1 Å². The van der Waals surface area contributed by atoms with Gasteiger partial charge in [0.1, 0.15) is 23.3 Å². The molecule has 5 rings (SSSR count). The molecule has 2 aromatic heterocycles. The molecule has 0 unspecified atom stereocenters. The normalized spacial score (nSPS) is 16.7. The van der Waals surface area contributed by atoms with Crippen LogP contribution < -0.4 is 15.4 Å². The van der Waals surface area contributed by atoms with E-state index in [1.54, 1.807) is 6.20 Å². The summed E-state index contributed by atoms with van der Waals surface area (Å²) < 4.78 is 12.0. The van der Waals surface area contributed by atoms with Gasteiger partial charge in [0.25, 0.3) is 0 Å². The largest absolute Gasteiger partial charge is 0.494 e. The molecule has 0 bridgehead atoms. The number of rotatable bonds is 9. The summed E-state index contributed by atoms with van der Waals surface area (Å²) in [4.78, 5) is 19.6. The Morgan fingerprint density at radius 1 is 1.10 bits per heavy atom. The number of benzene rings is 2. The van der Waals surface area contributed by atoms with Crippen LogP contribution in [0.1, 0.15) is 48.0 Å². The Kier molecular flexibility index (Phi) is 7.93. The van der Waals surface area contributed by atoms with Gasteiger partial charge in [-0.1, -0.05) is 18.2 Å². The van der Waals surface area contributed by atoms with Crippen molar-refractivity contribution in [3.63, 3.8) is 0 Å². The monoisotopic (exact) mass is 540 g/mol. The van der Waals surface area contributed by atoms with Crippen LogP contribution >= 0.6 is 12.2 Å². The third-order valence-corrected chi connectivity index (χ3v) is 7.17. The highest BCUT2D eigenvalue weighted by Gasteiger charge is 2.41. The minimum absolute atomic E-state index is 0.0685. The van der Waals surface area contributed by atoms with Gasteiger partial charge in [0.15, 0.2) is 5.11 Å². The maximum atomic E-state index is 12.9. The summed E-state index contributed by atoms with van der Waals surface area (Å²) in [7, 11) is 0. The van der Waals surface area contributed by atoms with Crippen molar-refractivity contribution in [2.75, 3.05) is 18.5 Å². The maximum absolute atomic E-state index is 12.9. The van der Waals surface area contributed by atoms with Crippen LogP contribution in [-0.4, -0.2) is 34.1 Å². The molecule has 1 aliphatic rings. The lowest BCUT2D eigenvalue weighted by atomic mass is 10.0. The third kappa shape index (κ3) is 5.96. The van der Waals surface area contributed by atoms with Gasteiger partial charge in [-0.2, -0.15) is 0 Å². The third-order valence-electron chi connectivity index (χ3n) is 6.81. The SMILES string of the molecule is CCOc1ccc(-c2ccc([C@H]3[C@H](c4ccccn4)NC(=S)N3CCC(=O)Nc3cc(C)ccc3C)o2)cc1. The Morgan fingerprint density at radius 2 is 1.92 bits per heavy atom. The number of carbonyl (C=O) groups is 1. The van der Waals surface area contributed by atoms with E-state index in [2.05, 4.69) is 15.6 Å². The van der Waals surface area contributed by atoms with Crippen molar-refractivity contribution in [1.82, 2.24) is 15.2 Å². The van der Waals surface area contributed by atoms with E-state index in [1.807, 2.05) is 98.5 Å². The van der Waals surface area contributed by atoms with Crippen LogP contribution in [0.3, 0.4) is 0 Å². The number of thiocarbonyl (C=S) groups is 1. The van der Waals surface area contributed by atoms with E-state index in [4.69, 9.17) is 21.4 Å². The quantitative estimate of drug-likeness (QED) is 0.239. The number of aryl methyl sites for hydroxylation is 2. The highest BCUT2D eigenvalue weighted by molar-refractivity contribution is 7.80. The first-order valence-corrected chi connectivity index (χ1v) is 13.5. The van der Waals surface area contributed by atoms with Crippen LogP contribution in [0.5, 0.6) is 5.75 Å². The van der Waals surface area contributed by atoms with Gasteiger partial charge in [-0.15, -0.1) is 0 Å². The number of hydrogen-bond donors (Lipinski definition) is 2. The van der Waals surface area contributed by atoms with Crippen molar-refractivity contribution in [2.24, 2.45) is 0 Å². The van der Waals surface area contributed by atoms with Gasteiger partial charge < -0.3 is 24.7 Å². The summed E-state index contributed by atoms with van der Waals surface area (Å²) in [5, 5.41) is 7.03. The van der Waals surface area contributed by atoms with Crippen LogP contribution in [0.2, 0.25) is 0 Å². The molecule has 1 saturated heterocycles. The van der Waals surface area contributed by atoms with Crippen LogP contribution in [0.25, 0.3) is 11.3 Å². The number of ether oxygens (including phenoxy) is 1. The van der Waals surface area contributed by atoms with Crippen molar-refractivity contribution in [2.45, 2.75) is 39.3 Å². The van der Waals surface area contributed by atoms with Crippen molar-refractivity contribution in [3.05, 3.63) is 102 Å². The van der Waals surface area contributed by atoms with Gasteiger partial charge in [-0.05, 0) is 98.7 Å². The molecule has 0 spiro atoms. The number of furan rings is 1. The molecule has 8 heteroatoms. The summed E-state index contributed by atoms with van der Waals surface area (Å²) >= 11 is 5.75. The van der Waals surface area contributed by atoms with Crippen LogP contribution in [0, 0.1) is 13.8 Å². The van der Waals surface area contributed by atoms with E-state index in [1.165, 1.54) is 0 Å². The number of aromatic nitrogens is 1. The van der Waals surface area contributed by atoms with Crippen LogP contribution in [-0.2, 0) is 4.79 Å². The Balaban J connectivity index is 1.38. The number of nitrogens with one attached hydrogen (secondary N) is 2. The maximum Gasteiger partial charge on any atom is 0.226 e. The average molecular weight is 541 g/mol. The number of anilines is 1. The highest BCUT2D eigenvalue weighted by atomic mass is 32.1. The first-order valence-electron chi connectivity index (χ1n) is 13.1. The molecule has 39 heavy (non-hydrogen) atoms. The Hall–Kier alpha value is -4.17. The van der Waals surface area contributed by atoms with Crippen molar-refractivity contribution < 1.29 is 13.9 Å². The van der Waals surface area contributed by atoms with Crippen LogP contribution in [0.15, 0.2) is 83.4 Å². The van der Waals surface area contributed by atoms with E-state index in [0.29, 0.717) is 18.3 Å². The first-order chi connectivity index (χ1) is 18.9. The summed E-state index contributed by atoms with van der Waals surface area (Å²) in [6, 6.07) is 23.1. The lowest BCUT2D eigenvalue weighted by Gasteiger charge is -2.26. The summed E-state index contributed by atoms with van der Waals surface area (Å²) in [6.45, 7) is 7.00. The predicted molar refractivity (Wildman–Crippen MR) is 157 cm³/mol. The second-order valence-electron chi connectivity index (χ2n) is 9.60. The lowest BCUT2D eigenvalue weighted by Crippen LogP contribution is -2.32. The number of carbonyl (C=O) groups excluding carboxylic acids is 1. The molecule has 0 saturated carbocycles. The summed E-state index contributed by atoms with van der Waals surface area (Å²) in [5.41, 5.74) is 4.76. The number of pyridine rings is 1. The average Bonchev–Trinajstić information content (AvgIpc) is 3.55. The molecule has 1 amide bonds. The van der Waals surface area contributed by atoms with E-state index >= 15 is 0 Å². The van der Waals surface area contributed by atoms with Gasteiger partial charge in [-0.25, -0.2) is 0 Å². The fourth-order valence-electron chi connectivity index (χ4n) is 4.81. The molecule has 7 nitrogen and oxygen atoms in total. The minimum atomic E-state index is -0.266. The molecule has 3 heterocycles. The smallest absolute Gasteiger partial charge is 0.226 e. The van der Waals surface area contributed by atoms with Crippen molar-refractivity contribution >= 4 is 28.9 Å². The molecule has 0 aliphatic carbocycles. The molecule has 200 valence electrons. The zero-order valence-electron chi connectivity index (χ0n) is 22.3. The highest BCUT2D eigenvalue weighted by Crippen LogP contribution is 2.40. The lowest BCUT2D eigenvalue weighted by molar-refractivity contribution is -0.116. The standard InChI is InChI=1S/C31H32N4O3S/c1-4-37-23-12-10-22(11-13-23)26-14-15-27(38-26)30-29(24-7-5-6-17-32-24)34-31(39)35(30)18-16-28(36)33-25-19-20(2)8-9-21(25)3/h5-15,17,19,29-30H,4,16,18H2,1-3H3,(H,33,36)(H,34,39)/t29-,30-/m0/s1. The zero-order valence-corrected chi connectivity index (χ0v) is 23.1. The van der Waals surface area contributed by atoms with Gasteiger partial charge in [0, 0.05) is 30.4 Å². The topological polar surface area (TPSA) is 79.6 Å². The molecular weight excluding hydrogens is 508 g/mol. The summed E-state index contributed by atoms with van der Waals surface area (Å²) in [5.74, 6) is 2.25. The first kappa shape index (κ1) is 26.4. The molecule has 1 fully saturated rings. The van der Waals surface area contributed by atoms with Gasteiger partial charge in [0.2, 0.25) is 5.91 Å². The summed E-state index contributed by atoms with van der Waals surface area (Å²) in [6.07, 6.45) is 2.04. The number of nitrogens with zero attached hydrogens (tertiary/aromatic N) is 2. The number of hydrogen-bond acceptors (Lipinski definition) is 5. The van der Waals surface area contributed by atoms with Crippen LogP contribution in [0.4, 0.5) is 5.69 Å². The predicted octanol–water partition coefficient (Wildman–Crippen LogP) is 6.36. The van der Waals surface area contributed by atoms with E-state index < -0.39 is 0 Å². The molecule has 2 atom stereocenters. The zero-order chi connectivity index (χ0) is 27.4. The second kappa shape index (κ2) is 11.7. The molecule has 1 aliphatic heterocycles. The molecular formula is C31H32N4O3S. The molecule has 2 aromatic carbocycles. The van der Waals surface area contributed by atoms with Gasteiger partial charge in [0.05, 0.1) is 18.3 Å². The van der Waals surface area contributed by atoms with E-state index in [0.717, 1.165) is 45.3 Å². The molecule has 2 N–H and O–H groups in total. The van der Waals surface area contributed by atoms with Crippen molar-refractivity contribution in [1.29, 1.82) is 0 Å². The van der Waals surface area contributed by atoms with E-state index in [9.17, 15) is 4.79 Å². The second-order valence-corrected chi connectivity index (χ2v) is 9.98. The van der Waals surface area contributed by atoms with Gasteiger partial charge >= 0.3 is 0 Å². The molecule has 0 radical (unpaired) electrons. The Morgan fingerprint density at radius 3 is 2.67 bits per heavy atom.